The SMILES string of the molecule is C=Cc1ccc(OCCN2CCOCCOCCN(CCOc3ccc(C=C)cc3)CCOCCOCC2)cc1. The Kier molecular flexibility index (Phi) is 16.1. The van der Waals surface area contributed by atoms with Gasteiger partial charge in [0.15, 0.2) is 0 Å². The van der Waals surface area contributed by atoms with Gasteiger partial charge in [-0.15, -0.1) is 0 Å². The predicted octanol–water partition coefficient (Wildman–Crippen LogP) is 4.11. The molecular weight excluding hydrogens is 508 g/mol. The average molecular weight is 555 g/mol. The Balaban J connectivity index is 1.35. The third-order valence-corrected chi connectivity index (χ3v) is 6.54. The van der Waals surface area contributed by atoms with Crippen LogP contribution in [0.4, 0.5) is 0 Å². The van der Waals surface area contributed by atoms with Crippen LogP contribution in [0.15, 0.2) is 61.7 Å². The Morgan fingerprint density at radius 3 is 1.15 bits per heavy atom. The highest BCUT2D eigenvalue weighted by molar-refractivity contribution is 5.48. The second kappa shape index (κ2) is 20.2. The molecule has 1 heterocycles. The van der Waals surface area contributed by atoms with Crippen LogP contribution in [-0.2, 0) is 18.9 Å². The highest BCUT2D eigenvalue weighted by atomic mass is 16.5. The van der Waals surface area contributed by atoms with Gasteiger partial charge in [0.05, 0.1) is 52.9 Å². The van der Waals surface area contributed by atoms with Crippen molar-refractivity contribution in [1.82, 2.24) is 9.80 Å². The molecule has 2 aromatic rings. The summed E-state index contributed by atoms with van der Waals surface area (Å²) in [5.74, 6) is 1.72. The van der Waals surface area contributed by atoms with Crippen LogP contribution in [-0.4, -0.2) is 115 Å². The molecule has 0 saturated carbocycles. The van der Waals surface area contributed by atoms with Gasteiger partial charge >= 0.3 is 0 Å². The van der Waals surface area contributed by atoms with E-state index in [-0.39, 0.29) is 0 Å². The van der Waals surface area contributed by atoms with E-state index >= 15 is 0 Å². The van der Waals surface area contributed by atoms with Crippen molar-refractivity contribution in [3.05, 3.63) is 72.8 Å². The first kappa shape index (κ1) is 31.8. The molecule has 220 valence electrons. The van der Waals surface area contributed by atoms with Crippen LogP contribution in [0.5, 0.6) is 11.5 Å². The molecule has 8 heteroatoms. The highest BCUT2D eigenvalue weighted by Crippen LogP contribution is 2.13. The van der Waals surface area contributed by atoms with Gasteiger partial charge in [0.2, 0.25) is 0 Å². The van der Waals surface area contributed by atoms with Gasteiger partial charge in [-0.05, 0) is 35.4 Å². The van der Waals surface area contributed by atoms with Crippen molar-refractivity contribution < 1.29 is 28.4 Å². The van der Waals surface area contributed by atoms with Crippen molar-refractivity contribution in [1.29, 1.82) is 0 Å². The van der Waals surface area contributed by atoms with Crippen molar-refractivity contribution >= 4 is 12.2 Å². The number of benzene rings is 2. The Labute approximate surface area is 240 Å². The molecular formula is C32H46N2O6. The van der Waals surface area contributed by atoms with Crippen LogP contribution in [0.1, 0.15) is 11.1 Å². The lowest BCUT2D eigenvalue weighted by molar-refractivity contribution is 0.00572. The molecule has 2 aromatic carbocycles. The van der Waals surface area contributed by atoms with Gasteiger partial charge in [0.25, 0.3) is 0 Å². The summed E-state index contributed by atoms with van der Waals surface area (Å²) in [5.41, 5.74) is 2.16. The molecule has 0 unspecified atom stereocenters. The summed E-state index contributed by atoms with van der Waals surface area (Å²) in [7, 11) is 0. The van der Waals surface area contributed by atoms with Gasteiger partial charge in [0, 0.05) is 39.3 Å². The van der Waals surface area contributed by atoms with Gasteiger partial charge in [0.1, 0.15) is 24.7 Å². The smallest absolute Gasteiger partial charge is 0.119 e. The number of rotatable bonds is 10. The summed E-state index contributed by atoms with van der Waals surface area (Å²) in [4.78, 5) is 4.60. The molecule has 0 spiro atoms. The molecule has 0 aliphatic carbocycles. The predicted molar refractivity (Wildman–Crippen MR) is 160 cm³/mol. The average Bonchev–Trinajstić information content (AvgIpc) is 2.99. The van der Waals surface area contributed by atoms with E-state index < -0.39 is 0 Å². The van der Waals surface area contributed by atoms with Crippen molar-refractivity contribution in [2.24, 2.45) is 0 Å². The van der Waals surface area contributed by atoms with Gasteiger partial charge in [-0.1, -0.05) is 49.6 Å². The monoisotopic (exact) mass is 554 g/mol. The summed E-state index contributed by atoms with van der Waals surface area (Å²) >= 11 is 0. The fourth-order valence-corrected chi connectivity index (χ4v) is 4.07. The number of nitrogens with zero attached hydrogens (tertiary/aromatic N) is 2. The molecule has 1 aliphatic heterocycles. The number of ether oxygens (including phenoxy) is 6. The second-order valence-corrected chi connectivity index (χ2v) is 9.38. The highest BCUT2D eigenvalue weighted by Gasteiger charge is 2.09. The van der Waals surface area contributed by atoms with E-state index in [1.54, 1.807) is 0 Å². The van der Waals surface area contributed by atoms with Crippen molar-refractivity contribution in [3.8, 4) is 11.5 Å². The Morgan fingerprint density at radius 2 is 0.850 bits per heavy atom. The topological polar surface area (TPSA) is 61.9 Å². The van der Waals surface area contributed by atoms with E-state index in [0.29, 0.717) is 66.1 Å². The van der Waals surface area contributed by atoms with Crippen molar-refractivity contribution in [2.45, 2.75) is 0 Å². The largest absolute Gasteiger partial charge is 0.492 e. The molecule has 3 rings (SSSR count). The van der Waals surface area contributed by atoms with Crippen LogP contribution in [0.2, 0.25) is 0 Å². The van der Waals surface area contributed by atoms with Crippen LogP contribution in [0.25, 0.3) is 12.2 Å². The minimum Gasteiger partial charge on any atom is -0.492 e. The van der Waals surface area contributed by atoms with Crippen molar-refractivity contribution in [2.75, 3.05) is 105 Å². The van der Waals surface area contributed by atoms with Crippen LogP contribution >= 0.6 is 0 Å². The molecule has 0 N–H and O–H groups in total. The first-order valence-electron chi connectivity index (χ1n) is 14.2. The summed E-state index contributed by atoms with van der Waals surface area (Å²) in [6, 6.07) is 15.9. The van der Waals surface area contributed by atoms with E-state index in [0.717, 1.165) is 61.9 Å². The lowest BCUT2D eigenvalue weighted by atomic mass is 10.2. The minimum atomic E-state index is 0.573. The maximum Gasteiger partial charge on any atom is 0.119 e. The summed E-state index contributed by atoms with van der Waals surface area (Å²) in [5, 5.41) is 0. The molecule has 40 heavy (non-hydrogen) atoms. The molecule has 0 bridgehead atoms. The Morgan fingerprint density at radius 1 is 0.525 bits per heavy atom. The van der Waals surface area contributed by atoms with Crippen LogP contribution < -0.4 is 9.47 Å². The second-order valence-electron chi connectivity index (χ2n) is 9.38. The maximum atomic E-state index is 5.93. The normalized spacial score (nSPS) is 17.8. The van der Waals surface area contributed by atoms with E-state index in [9.17, 15) is 0 Å². The third-order valence-electron chi connectivity index (χ3n) is 6.54. The standard InChI is InChI=1S/C32H46N2O6/c1-3-29-5-9-31(10-6-29)39-23-17-33-13-19-35-25-27-37-21-15-34(16-22-38-28-26-36-20-14-33)18-24-40-32-11-7-30(4-2)8-12-32/h3-12H,1-2,13-28H2. The van der Waals surface area contributed by atoms with Crippen LogP contribution in [0, 0.1) is 0 Å². The number of hydrogen-bond donors (Lipinski definition) is 0. The van der Waals surface area contributed by atoms with Gasteiger partial charge < -0.3 is 28.4 Å². The zero-order chi connectivity index (χ0) is 28.1. The number of hydrogen-bond acceptors (Lipinski definition) is 8. The fraction of sp³-hybridized carbons (Fsp3) is 0.500. The van der Waals surface area contributed by atoms with E-state index in [4.69, 9.17) is 28.4 Å². The molecule has 1 saturated heterocycles. The first-order chi connectivity index (χ1) is 19.8. The van der Waals surface area contributed by atoms with Crippen LogP contribution in [0.3, 0.4) is 0 Å². The van der Waals surface area contributed by atoms with E-state index in [1.807, 2.05) is 60.7 Å². The summed E-state index contributed by atoms with van der Waals surface area (Å²) in [6.07, 6.45) is 3.65. The zero-order valence-electron chi connectivity index (χ0n) is 23.8. The fourth-order valence-electron chi connectivity index (χ4n) is 4.07. The summed E-state index contributed by atoms with van der Waals surface area (Å²) in [6.45, 7) is 18.4. The zero-order valence-corrected chi connectivity index (χ0v) is 23.8. The lowest BCUT2D eigenvalue weighted by Crippen LogP contribution is -2.36. The van der Waals surface area contributed by atoms with Gasteiger partial charge in [-0.3, -0.25) is 9.80 Å². The van der Waals surface area contributed by atoms with Crippen molar-refractivity contribution in [3.63, 3.8) is 0 Å². The maximum absolute atomic E-state index is 5.93. The Hall–Kier alpha value is -2.72. The Bertz CT molecular complexity index is 840. The van der Waals surface area contributed by atoms with Gasteiger partial charge in [-0.25, -0.2) is 0 Å². The minimum absolute atomic E-state index is 0.573. The molecule has 0 aromatic heterocycles. The van der Waals surface area contributed by atoms with E-state index in [1.165, 1.54) is 0 Å². The third kappa shape index (κ3) is 13.6. The summed E-state index contributed by atoms with van der Waals surface area (Å²) < 4.78 is 35.2. The molecule has 0 atom stereocenters. The molecule has 8 nitrogen and oxygen atoms in total. The molecule has 0 amide bonds. The molecule has 1 aliphatic rings. The lowest BCUT2D eigenvalue weighted by Gasteiger charge is -2.23. The molecule has 0 radical (unpaired) electrons. The quantitative estimate of drug-likeness (QED) is 0.435. The molecule has 1 fully saturated rings. The first-order valence-corrected chi connectivity index (χ1v) is 14.2. The van der Waals surface area contributed by atoms with E-state index in [2.05, 4.69) is 23.0 Å². The van der Waals surface area contributed by atoms with Gasteiger partial charge in [-0.2, -0.15) is 0 Å².